The minimum absolute atomic E-state index is 0.0121. The molecular formula is C21H26N2O4. The van der Waals surface area contributed by atoms with Crippen LogP contribution in [0.1, 0.15) is 29.8 Å². The SMILES string of the molecule is COc1cc(C(=O)NCCNC(=O)Cc2ccccc2)ccc1OC(C)C. The number of carbonyl (C=O) groups excluding carboxylic acids is 2. The molecule has 6 nitrogen and oxygen atoms in total. The van der Waals surface area contributed by atoms with Crippen LogP contribution in [-0.4, -0.2) is 38.1 Å². The van der Waals surface area contributed by atoms with Gasteiger partial charge in [0.15, 0.2) is 11.5 Å². The van der Waals surface area contributed by atoms with Crippen molar-refractivity contribution < 1.29 is 19.1 Å². The number of ether oxygens (including phenoxy) is 2. The number of hydrogen-bond acceptors (Lipinski definition) is 4. The summed E-state index contributed by atoms with van der Waals surface area (Å²) in [5.41, 5.74) is 1.42. The second-order valence-electron chi connectivity index (χ2n) is 6.30. The fourth-order valence-electron chi connectivity index (χ4n) is 2.48. The van der Waals surface area contributed by atoms with Crippen LogP contribution >= 0.6 is 0 Å². The molecule has 0 heterocycles. The number of carbonyl (C=O) groups is 2. The minimum atomic E-state index is -0.235. The average Bonchev–Trinajstić information content (AvgIpc) is 2.65. The van der Waals surface area contributed by atoms with Crippen molar-refractivity contribution in [2.24, 2.45) is 0 Å². The fraction of sp³-hybridized carbons (Fsp3) is 0.333. The monoisotopic (exact) mass is 370 g/mol. The van der Waals surface area contributed by atoms with Gasteiger partial charge in [0.1, 0.15) is 0 Å². The molecule has 6 heteroatoms. The molecule has 0 atom stereocenters. The van der Waals surface area contributed by atoms with Crippen LogP contribution in [0.5, 0.6) is 11.5 Å². The van der Waals surface area contributed by atoms with Crippen LogP contribution in [0.3, 0.4) is 0 Å². The Labute approximate surface area is 159 Å². The van der Waals surface area contributed by atoms with Gasteiger partial charge in [-0.3, -0.25) is 9.59 Å². The zero-order chi connectivity index (χ0) is 19.6. The molecule has 0 bridgehead atoms. The zero-order valence-electron chi connectivity index (χ0n) is 16.0. The molecule has 2 N–H and O–H groups in total. The molecule has 2 aromatic carbocycles. The Hall–Kier alpha value is -3.02. The normalized spacial score (nSPS) is 10.4. The predicted octanol–water partition coefficient (Wildman–Crippen LogP) is 2.57. The molecule has 0 saturated heterocycles. The fourth-order valence-corrected chi connectivity index (χ4v) is 2.48. The number of amides is 2. The Bertz CT molecular complexity index is 760. The van der Waals surface area contributed by atoms with Gasteiger partial charge in [0.2, 0.25) is 5.91 Å². The van der Waals surface area contributed by atoms with E-state index in [1.165, 1.54) is 7.11 Å². The van der Waals surface area contributed by atoms with E-state index in [2.05, 4.69) is 10.6 Å². The van der Waals surface area contributed by atoms with Crippen molar-refractivity contribution in [2.75, 3.05) is 20.2 Å². The van der Waals surface area contributed by atoms with E-state index in [9.17, 15) is 9.59 Å². The first-order valence-corrected chi connectivity index (χ1v) is 8.93. The Kier molecular flexibility index (Phi) is 7.67. The van der Waals surface area contributed by atoms with Gasteiger partial charge in [0.05, 0.1) is 19.6 Å². The van der Waals surface area contributed by atoms with E-state index in [-0.39, 0.29) is 17.9 Å². The summed E-state index contributed by atoms with van der Waals surface area (Å²) in [7, 11) is 1.53. The first-order valence-electron chi connectivity index (χ1n) is 8.93. The van der Waals surface area contributed by atoms with Gasteiger partial charge in [-0.1, -0.05) is 30.3 Å². The van der Waals surface area contributed by atoms with E-state index >= 15 is 0 Å². The highest BCUT2D eigenvalue weighted by Crippen LogP contribution is 2.28. The highest BCUT2D eigenvalue weighted by molar-refractivity contribution is 5.94. The molecule has 144 valence electrons. The Morgan fingerprint density at radius 3 is 2.33 bits per heavy atom. The molecule has 0 unspecified atom stereocenters. The maximum absolute atomic E-state index is 12.3. The molecule has 2 aromatic rings. The highest BCUT2D eigenvalue weighted by atomic mass is 16.5. The van der Waals surface area contributed by atoms with Gasteiger partial charge in [-0.2, -0.15) is 0 Å². The van der Waals surface area contributed by atoms with Crippen LogP contribution in [0.25, 0.3) is 0 Å². The van der Waals surface area contributed by atoms with Crippen LogP contribution in [0.15, 0.2) is 48.5 Å². The molecule has 0 aliphatic heterocycles. The van der Waals surface area contributed by atoms with E-state index in [0.29, 0.717) is 36.6 Å². The van der Waals surface area contributed by atoms with Crippen molar-refractivity contribution in [1.29, 1.82) is 0 Å². The molecule has 0 radical (unpaired) electrons. The number of benzene rings is 2. The van der Waals surface area contributed by atoms with Crippen molar-refractivity contribution >= 4 is 11.8 Å². The molecular weight excluding hydrogens is 344 g/mol. The molecule has 0 spiro atoms. The second-order valence-corrected chi connectivity index (χ2v) is 6.30. The summed E-state index contributed by atoms with van der Waals surface area (Å²) in [5, 5.41) is 5.57. The van der Waals surface area contributed by atoms with Crippen LogP contribution in [0.4, 0.5) is 0 Å². The molecule has 2 rings (SSSR count). The quantitative estimate of drug-likeness (QED) is 0.665. The van der Waals surface area contributed by atoms with E-state index in [1.807, 2.05) is 44.2 Å². The Morgan fingerprint density at radius 1 is 0.963 bits per heavy atom. The lowest BCUT2D eigenvalue weighted by molar-refractivity contribution is -0.120. The third-order valence-corrected chi connectivity index (χ3v) is 3.73. The smallest absolute Gasteiger partial charge is 0.251 e. The lowest BCUT2D eigenvalue weighted by atomic mass is 10.1. The van der Waals surface area contributed by atoms with Crippen molar-refractivity contribution in [3.63, 3.8) is 0 Å². The van der Waals surface area contributed by atoms with Gasteiger partial charge in [0.25, 0.3) is 5.91 Å². The molecule has 0 aliphatic rings. The molecule has 0 saturated carbocycles. The number of methoxy groups -OCH3 is 1. The molecule has 0 aliphatic carbocycles. The van der Waals surface area contributed by atoms with Gasteiger partial charge in [0, 0.05) is 18.7 Å². The largest absolute Gasteiger partial charge is 0.493 e. The maximum atomic E-state index is 12.3. The van der Waals surface area contributed by atoms with Crippen molar-refractivity contribution in [3.05, 3.63) is 59.7 Å². The van der Waals surface area contributed by atoms with E-state index in [0.717, 1.165) is 5.56 Å². The summed E-state index contributed by atoms with van der Waals surface area (Å²) in [4.78, 5) is 24.1. The minimum Gasteiger partial charge on any atom is -0.493 e. The summed E-state index contributed by atoms with van der Waals surface area (Å²) in [5.74, 6) is 0.791. The topological polar surface area (TPSA) is 76.7 Å². The summed E-state index contributed by atoms with van der Waals surface area (Å²) in [6.45, 7) is 4.55. The third kappa shape index (κ3) is 6.66. The van der Waals surface area contributed by atoms with Gasteiger partial charge < -0.3 is 20.1 Å². The lowest BCUT2D eigenvalue weighted by Crippen LogP contribution is -2.35. The van der Waals surface area contributed by atoms with Gasteiger partial charge in [-0.25, -0.2) is 0 Å². The van der Waals surface area contributed by atoms with Crippen molar-refractivity contribution in [3.8, 4) is 11.5 Å². The second kappa shape index (κ2) is 10.2. The molecule has 0 aromatic heterocycles. The number of nitrogens with one attached hydrogen (secondary N) is 2. The van der Waals surface area contributed by atoms with Crippen LogP contribution in [0, 0.1) is 0 Å². The summed E-state index contributed by atoms with van der Waals surface area (Å²) in [6.07, 6.45) is 0.335. The highest BCUT2D eigenvalue weighted by Gasteiger charge is 2.12. The van der Waals surface area contributed by atoms with E-state index < -0.39 is 0 Å². The van der Waals surface area contributed by atoms with Gasteiger partial charge in [-0.15, -0.1) is 0 Å². The van der Waals surface area contributed by atoms with Crippen LogP contribution in [0.2, 0.25) is 0 Å². The first-order chi connectivity index (χ1) is 13.0. The number of hydrogen-bond donors (Lipinski definition) is 2. The van der Waals surface area contributed by atoms with Crippen LogP contribution in [-0.2, 0) is 11.2 Å². The molecule has 0 fully saturated rings. The first kappa shape index (κ1) is 20.3. The Balaban J connectivity index is 1.79. The predicted molar refractivity (Wildman–Crippen MR) is 104 cm³/mol. The molecule has 27 heavy (non-hydrogen) atoms. The standard InChI is InChI=1S/C21H26N2O4/c1-15(2)27-18-10-9-17(14-19(18)26-3)21(25)23-12-11-22-20(24)13-16-7-5-4-6-8-16/h4-10,14-15H,11-13H2,1-3H3,(H,22,24)(H,23,25). The third-order valence-electron chi connectivity index (χ3n) is 3.73. The Morgan fingerprint density at radius 2 is 1.67 bits per heavy atom. The van der Waals surface area contributed by atoms with E-state index in [4.69, 9.17) is 9.47 Å². The number of rotatable bonds is 9. The summed E-state index contributed by atoms with van der Waals surface area (Å²) >= 11 is 0. The average molecular weight is 370 g/mol. The van der Waals surface area contributed by atoms with E-state index in [1.54, 1.807) is 18.2 Å². The summed E-state index contributed by atoms with van der Waals surface area (Å²) < 4.78 is 10.9. The zero-order valence-corrected chi connectivity index (χ0v) is 16.0. The summed E-state index contributed by atoms with van der Waals surface area (Å²) in [6, 6.07) is 14.6. The van der Waals surface area contributed by atoms with Gasteiger partial charge in [-0.05, 0) is 37.6 Å². The van der Waals surface area contributed by atoms with Gasteiger partial charge >= 0.3 is 0 Å². The van der Waals surface area contributed by atoms with Crippen molar-refractivity contribution in [1.82, 2.24) is 10.6 Å². The lowest BCUT2D eigenvalue weighted by Gasteiger charge is -2.14. The maximum Gasteiger partial charge on any atom is 0.251 e. The van der Waals surface area contributed by atoms with Crippen molar-refractivity contribution in [2.45, 2.75) is 26.4 Å². The van der Waals surface area contributed by atoms with Crippen LogP contribution < -0.4 is 20.1 Å². The molecule has 2 amide bonds.